The van der Waals surface area contributed by atoms with E-state index < -0.39 is 12.1 Å². The van der Waals surface area contributed by atoms with Crippen molar-refractivity contribution in [3.63, 3.8) is 0 Å². The summed E-state index contributed by atoms with van der Waals surface area (Å²) in [7, 11) is 0. The minimum absolute atomic E-state index is 0.0132. The Morgan fingerprint density at radius 3 is 2.32 bits per heavy atom. The third kappa shape index (κ3) is 5.58. The predicted molar refractivity (Wildman–Crippen MR) is 128 cm³/mol. The smallest absolute Gasteiger partial charge is 0.407 e. The van der Waals surface area contributed by atoms with Crippen LogP contribution in [0.3, 0.4) is 0 Å². The summed E-state index contributed by atoms with van der Waals surface area (Å²) in [4.78, 5) is 35.6. The molecule has 1 saturated carbocycles. The number of carbonyl (C=O) groups is 3. The lowest BCUT2D eigenvalue weighted by atomic mass is 9.98. The van der Waals surface area contributed by atoms with Gasteiger partial charge in [-0.05, 0) is 53.9 Å². The maximum atomic E-state index is 12.5. The molecule has 0 aliphatic heterocycles. The molecule has 2 aliphatic carbocycles. The monoisotopic (exact) mass is 464 g/mol. The highest BCUT2D eigenvalue weighted by atomic mass is 16.5. The van der Waals surface area contributed by atoms with Crippen LogP contribution >= 0.6 is 0 Å². The van der Waals surface area contributed by atoms with E-state index in [1.807, 2.05) is 31.2 Å². The molecule has 0 saturated heterocycles. The van der Waals surface area contributed by atoms with Crippen LogP contribution in [0.1, 0.15) is 56.1 Å². The summed E-state index contributed by atoms with van der Waals surface area (Å²) in [6.07, 6.45) is 2.53. The molecule has 2 aromatic carbocycles. The number of carbonyl (C=O) groups excluding carboxylic acids is 2. The van der Waals surface area contributed by atoms with Crippen molar-refractivity contribution in [2.75, 3.05) is 13.2 Å². The van der Waals surface area contributed by atoms with Crippen molar-refractivity contribution in [3.8, 4) is 11.1 Å². The fourth-order valence-corrected chi connectivity index (χ4v) is 5.15. The van der Waals surface area contributed by atoms with Crippen molar-refractivity contribution in [1.82, 2.24) is 10.6 Å². The van der Waals surface area contributed by atoms with Crippen LogP contribution in [-0.4, -0.2) is 42.3 Å². The molecule has 34 heavy (non-hydrogen) atoms. The largest absolute Gasteiger partial charge is 0.481 e. The zero-order valence-corrected chi connectivity index (χ0v) is 19.5. The predicted octanol–water partition coefficient (Wildman–Crippen LogP) is 4.31. The van der Waals surface area contributed by atoms with Gasteiger partial charge in [-0.3, -0.25) is 9.59 Å². The van der Waals surface area contributed by atoms with Crippen molar-refractivity contribution in [1.29, 1.82) is 0 Å². The van der Waals surface area contributed by atoms with E-state index in [9.17, 15) is 14.4 Å². The van der Waals surface area contributed by atoms with E-state index in [1.54, 1.807) is 0 Å². The number of aliphatic carboxylic acids is 1. The van der Waals surface area contributed by atoms with Crippen LogP contribution in [-0.2, 0) is 14.3 Å². The first-order chi connectivity index (χ1) is 16.4. The number of hydrogen-bond donors (Lipinski definition) is 3. The molecule has 0 radical (unpaired) electrons. The lowest BCUT2D eigenvalue weighted by molar-refractivity contribution is -0.138. The first-order valence-electron chi connectivity index (χ1n) is 12.0. The number of nitrogens with one attached hydrogen (secondary N) is 2. The Kier molecular flexibility index (Phi) is 7.50. The van der Waals surface area contributed by atoms with Crippen LogP contribution < -0.4 is 10.6 Å². The van der Waals surface area contributed by atoms with Crippen molar-refractivity contribution < 1.29 is 24.2 Å². The number of rotatable bonds is 9. The van der Waals surface area contributed by atoms with E-state index in [2.05, 4.69) is 34.9 Å². The number of alkyl carbamates (subject to hydrolysis) is 1. The van der Waals surface area contributed by atoms with Gasteiger partial charge >= 0.3 is 12.1 Å². The fourth-order valence-electron chi connectivity index (χ4n) is 5.15. The molecule has 1 fully saturated rings. The summed E-state index contributed by atoms with van der Waals surface area (Å²) in [5, 5.41) is 14.7. The summed E-state index contributed by atoms with van der Waals surface area (Å²) in [5.41, 5.74) is 4.70. The quantitative estimate of drug-likeness (QED) is 0.513. The van der Waals surface area contributed by atoms with E-state index >= 15 is 0 Å². The van der Waals surface area contributed by atoms with Gasteiger partial charge in [0, 0.05) is 30.8 Å². The molecule has 2 amide bonds. The molecular weight excluding hydrogens is 432 g/mol. The molecule has 2 aliphatic rings. The zero-order chi connectivity index (χ0) is 24.1. The van der Waals surface area contributed by atoms with E-state index in [-0.39, 0.29) is 42.7 Å². The minimum Gasteiger partial charge on any atom is -0.481 e. The van der Waals surface area contributed by atoms with Gasteiger partial charge in [0.15, 0.2) is 0 Å². The number of amides is 2. The molecule has 0 bridgehead atoms. The summed E-state index contributed by atoms with van der Waals surface area (Å²) in [6, 6.07) is 16.4. The molecule has 2 aromatic rings. The maximum absolute atomic E-state index is 12.5. The first kappa shape index (κ1) is 23.8. The van der Waals surface area contributed by atoms with E-state index in [1.165, 1.54) is 22.3 Å². The molecule has 7 heteroatoms. The van der Waals surface area contributed by atoms with Crippen LogP contribution in [0, 0.1) is 11.8 Å². The molecule has 0 aromatic heterocycles. The highest BCUT2D eigenvalue weighted by Gasteiger charge is 2.30. The van der Waals surface area contributed by atoms with Gasteiger partial charge in [-0.2, -0.15) is 0 Å². The van der Waals surface area contributed by atoms with Crippen LogP contribution in [0.2, 0.25) is 0 Å². The van der Waals surface area contributed by atoms with Gasteiger partial charge in [-0.1, -0.05) is 55.5 Å². The number of fused-ring (bicyclic) bond motifs is 3. The summed E-state index contributed by atoms with van der Waals surface area (Å²) in [5.74, 6) is -0.958. The molecule has 3 N–H and O–H groups in total. The second-order valence-corrected chi connectivity index (χ2v) is 9.42. The average Bonchev–Trinajstić information content (AvgIpc) is 3.39. The van der Waals surface area contributed by atoms with Crippen molar-refractivity contribution >= 4 is 18.0 Å². The van der Waals surface area contributed by atoms with Crippen molar-refractivity contribution in [3.05, 3.63) is 59.7 Å². The topological polar surface area (TPSA) is 105 Å². The lowest BCUT2D eigenvalue weighted by Crippen LogP contribution is -2.38. The molecule has 7 nitrogen and oxygen atoms in total. The first-order valence-corrected chi connectivity index (χ1v) is 12.0. The number of carboxylic acid groups (broad SMARTS) is 1. The Bertz CT molecular complexity index is 1010. The number of benzene rings is 2. The van der Waals surface area contributed by atoms with Crippen molar-refractivity contribution in [2.45, 2.75) is 51.0 Å². The molecule has 3 unspecified atom stereocenters. The van der Waals surface area contributed by atoms with Crippen LogP contribution in [0.5, 0.6) is 0 Å². The Hall–Kier alpha value is -3.35. The Morgan fingerprint density at radius 2 is 1.68 bits per heavy atom. The second-order valence-electron chi connectivity index (χ2n) is 9.42. The number of carboxylic acids is 1. The standard InChI is InChI=1S/C27H32N2O5/c1-17(26(32)29-19-11-10-18(14-19)15-25(30)31)12-13-28-27(33)34-16-24-22-8-4-2-6-20(22)21-7-3-5-9-23(21)24/h2-9,17-19,24H,10-16H2,1H3,(H,28,33)(H,29,32)(H,30,31). The maximum Gasteiger partial charge on any atom is 0.407 e. The van der Waals surface area contributed by atoms with Crippen LogP contribution in [0.15, 0.2) is 48.5 Å². The lowest BCUT2D eigenvalue weighted by Gasteiger charge is -2.18. The third-order valence-corrected chi connectivity index (χ3v) is 6.99. The van der Waals surface area contributed by atoms with E-state index in [0.717, 1.165) is 12.8 Å². The van der Waals surface area contributed by atoms with Gasteiger partial charge in [-0.25, -0.2) is 4.79 Å². The Balaban J connectivity index is 1.19. The van der Waals surface area contributed by atoms with Gasteiger partial charge in [0.25, 0.3) is 0 Å². The summed E-state index contributed by atoms with van der Waals surface area (Å²) in [6.45, 7) is 2.44. The highest BCUT2D eigenvalue weighted by Crippen LogP contribution is 2.44. The molecular formula is C27H32N2O5. The van der Waals surface area contributed by atoms with Gasteiger partial charge in [0.1, 0.15) is 6.61 Å². The SMILES string of the molecule is CC(CCNC(=O)OCC1c2ccccc2-c2ccccc21)C(=O)NC1CCC(CC(=O)O)C1. The van der Waals surface area contributed by atoms with E-state index in [4.69, 9.17) is 9.84 Å². The molecule has 4 rings (SSSR count). The third-order valence-electron chi connectivity index (χ3n) is 6.99. The fraction of sp³-hybridized carbons (Fsp3) is 0.444. The van der Waals surface area contributed by atoms with Crippen LogP contribution in [0.4, 0.5) is 4.79 Å². The van der Waals surface area contributed by atoms with Crippen molar-refractivity contribution in [2.24, 2.45) is 11.8 Å². The van der Waals surface area contributed by atoms with Gasteiger partial charge < -0.3 is 20.5 Å². The average molecular weight is 465 g/mol. The normalized spacial score (nSPS) is 19.7. The minimum atomic E-state index is -0.787. The number of ether oxygens (including phenoxy) is 1. The van der Waals surface area contributed by atoms with Gasteiger partial charge in [-0.15, -0.1) is 0 Å². The molecule has 180 valence electrons. The summed E-state index contributed by atoms with van der Waals surface area (Å²) >= 11 is 0. The molecule has 0 spiro atoms. The molecule has 3 atom stereocenters. The second kappa shape index (κ2) is 10.7. The summed E-state index contributed by atoms with van der Waals surface area (Å²) < 4.78 is 5.53. The number of hydrogen-bond acceptors (Lipinski definition) is 4. The van der Waals surface area contributed by atoms with Crippen LogP contribution in [0.25, 0.3) is 11.1 Å². The van der Waals surface area contributed by atoms with E-state index in [0.29, 0.717) is 19.4 Å². The van der Waals surface area contributed by atoms with Gasteiger partial charge in [0.2, 0.25) is 5.91 Å². The Labute approximate surface area is 199 Å². The molecule has 0 heterocycles. The Morgan fingerprint density at radius 1 is 1.03 bits per heavy atom. The zero-order valence-electron chi connectivity index (χ0n) is 19.5. The highest BCUT2D eigenvalue weighted by molar-refractivity contribution is 5.79. The van der Waals surface area contributed by atoms with Gasteiger partial charge in [0.05, 0.1) is 0 Å².